The molecule has 2 heteroatoms. The van der Waals surface area contributed by atoms with Crippen LogP contribution in [0.15, 0.2) is 168 Å². The van der Waals surface area contributed by atoms with E-state index in [1.165, 1.54) is 71.3 Å². The minimum Gasteiger partial charge on any atom is -0.481 e. The normalized spacial score (nSPS) is 16.1. The summed E-state index contributed by atoms with van der Waals surface area (Å²) in [6.45, 7) is 0. The van der Waals surface area contributed by atoms with Gasteiger partial charge in [-0.15, -0.1) is 0 Å². The zero-order chi connectivity index (χ0) is 32.8. The zero-order valence-electron chi connectivity index (χ0n) is 27.1. The van der Waals surface area contributed by atoms with Crippen molar-refractivity contribution in [3.63, 3.8) is 0 Å². The predicted molar refractivity (Wildman–Crippen MR) is 207 cm³/mol. The zero-order valence-corrected chi connectivity index (χ0v) is 27.1. The first kappa shape index (κ1) is 27.6. The molecule has 0 N–H and O–H groups in total. The van der Waals surface area contributed by atoms with E-state index in [0.29, 0.717) is 0 Å². The highest BCUT2D eigenvalue weighted by Gasteiger charge is 2.40. The smallest absolute Gasteiger partial charge is 0.167 e. The lowest BCUT2D eigenvalue weighted by Gasteiger charge is -2.19. The molecule has 2 atom stereocenters. The number of hydrogen-bond acceptors (Lipinski definition) is 2. The molecule has 2 unspecified atom stereocenters. The Morgan fingerprint density at radius 1 is 0.460 bits per heavy atom. The number of rotatable bonds is 3. The summed E-state index contributed by atoms with van der Waals surface area (Å²) in [5.74, 6) is 2.03. The van der Waals surface area contributed by atoms with Crippen LogP contribution in [0, 0.1) is 0 Å². The Bertz CT molecular complexity index is 2810. The van der Waals surface area contributed by atoms with Gasteiger partial charge in [0.25, 0.3) is 0 Å². The molecular weight excluding hydrogens is 609 g/mol. The van der Waals surface area contributed by atoms with Gasteiger partial charge < -0.3 is 9.15 Å². The van der Waals surface area contributed by atoms with Crippen molar-refractivity contribution in [2.45, 2.75) is 12.0 Å². The molecule has 2 aliphatic rings. The van der Waals surface area contributed by atoms with E-state index >= 15 is 0 Å². The fraction of sp³-hybridized carbons (Fsp3) is 0.0417. The molecule has 0 saturated carbocycles. The molecule has 9 aromatic rings. The molecule has 8 aromatic carbocycles. The second-order valence-electron chi connectivity index (χ2n) is 13.5. The Kier molecular flexibility index (Phi) is 5.82. The van der Waals surface area contributed by atoms with Crippen LogP contribution in [0.2, 0.25) is 0 Å². The summed E-state index contributed by atoms with van der Waals surface area (Å²) in [5.41, 5.74) is 10.6. The van der Waals surface area contributed by atoms with Crippen LogP contribution >= 0.6 is 0 Å². The number of benzene rings is 8. The summed E-state index contributed by atoms with van der Waals surface area (Å²) >= 11 is 0. The van der Waals surface area contributed by atoms with Gasteiger partial charge in [-0.3, -0.25) is 0 Å². The van der Waals surface area contributed by atoms with Gasteiger partial charge in [-0.2, -0.15) is 0 Å². The molecule has 0 amide bonds. The average Bonchev–Trinajstić information content (AvgIpc) is 3.75. The predicted octanol–water partition coefficient (Wildman–Crippen LogP) is 13.1. The van der Waals surface area contributed by atoms with Gasteiger partial charge in [-0.25, -0.2) is 0 Å². The van der Waals surface area contributed by atoms with E-state index in [2.05, 4.69) is 164 Å². The van der Waals surface area contributed by atoms with Gasteiger partial charge in [0.2, 0.25) is 0 Å². The summed E-state index contributed by atoms with van der Waals surface area (Å²) in [7, 11) is 0. The van der Waals surface area contributed by atoms with Gasteiger partial charge >= 0.3 is 0 Å². The molecule has 0 spiro atoms. The fourth-order valence-corrected chi connectivity index (χ4v) is 8.60. The van der Waals surface area contributed by atoms with Crippen molar-refractivity contribution < 1.29 is 9.15 Å². The van der Waals surface area contributed by atoms with E-state index in [1.54, 1.807) is 0 Å². The summed E-state index contributed by atoms with van der Waals surface area (Å²) in [6, 6.07) is 57.0. The van der Waals surface area contributed by atoms with Gasteiger partial charge in [0, 0.05) is 16.5 Å². The third-order valence-corrected chi connectivity index (χ3v) is 10.8. The molecular formula is C48H30O2. The van der Waals surface area contributed by atoms with Crippen LogP contribution in [-0.4, -0.2) is 0 Å². The number of ether oxygens (including phenoxy) is 1. The van der Waals surface area contributed by atoms with Crippen molar-refractivity contribution in [1.29, 1.82) is 0 Å². The minimum absolute atomic E-state index is 0.145. The lowest BCUT2D eigenvalue weighted by Crippen LogP contribution is -2.11. The van der Waals surface area contributed by atoms with Gasteiger partial charge in [0.1, 0.15) is 11.3 Å². The lowest BCUT2D eigenvalue weighted by atomic mass is 9.84. The summed E-state index contributed by atoms with van der Waals surface area (Å²) < 4.78 is 13.0. The van der Waals surface area contributed by atoms with Gasteiger partial charge in [-0.05, 0) is 90.0 Å². The van der Waals surface area contributed by atoms with Crippen molar-refractivity contribution >= 4 is 49.4 Å². The van der Waals surface area contributed by atoms with Crippen LogP contribution in [0.3, 0.4) is 0 Å². The molecule has 2 nitrogen and oxygen atoms in total. The molecule has 234 valence electrons. The molecule has 0 saturated heterocycles. The Hall–Kier alpha value is -6.38. The van der Waals surface area contributed by atoms with Gasteiger partial charge in [0.05, 0.1) is 5.92 Å². The number of hydrogen-bond donors (Lipinski definition) is 0. The molecule has 0 fully saturated rings. The van der Waals surface area contributed by atoms with Crippen LogP contribution in [0.4, 0.5) is 0 Å². The van der Waals surface area contributed by atoms with Crippen LogP contribution < -0.4 is 4.74 Å². The topological polar surface area (TPSA) is 22.4 Å². The second-order valence-corrected chi connectivity index (χ2v) is 13.5. The second kappa shape index (κ2) is 10.6. The van der Waals surface area contributed by atoms with Crippen molar-refractivity contribution in [3.05, 3.63) is 181 Å². The largest absolute Gasteiger partial charge is 0.481 e. The van der Waals surface area contributed by atoms with Crippen LogP contribution in [0.5, 0.6) is 5.75 Å². The van der Waals surface area contributed by atoms with Crippen molar-refractivity contribution in [2.75, 3.05) is 0 Å². The Labute approximate surface area is 289 Å². The average molecular weight is 639 g/mol. The number of para-hydroxylation sites is 1. The third kappa shape index (κ3) is 3.96. The first-order chi connectivity index (χ1) is 24.8. The maximum Gasteiger partial charge on any atom is 0.167 e. The third-order valence-electron chi connectivity index (χ3n) is 10.8. The molecule has 1 aliphatic carbocycles. The minimum atomic E-state index is -0.145. The first-order valence-corrected chi connectivity index (χ1v) is 17.3. The maximum atomic E-state index is 6.58. The summed E-state index contributed by atoms with van der Waals surface area (Å²) in [6.07, 6.45) is 4.38. The van der Waals surface area contributed by atoms with Crippen molar-refractivity contribution in [1.82, 2.24) is 0 Å². The molecule has 2 heterocycles. The molecule has 1 aliphatic heterocycles. The highest BCUT2D eigenvalue weighted by Crippen LogP contribution is 2.52. The first-order valence-electron chi connectivity index (χ1n) is 17.3. The number of furan rings is 1. The van der Waals surface area contributed by atoms with Crippen LogP contribution in [-0.2, 0) is 0 Å². The standard InChI is InChI=1S/C48H30O2/c1-2-15-33-29(11-1)12-10-21-34(33)30-13-9-14-31(27-30)45-36-17-3-5-19-38(36)46(39-20-6-4-18-37(39)45)32-23-26-44-42(28-32)41-25-24-40-35-16-7-8-22-43(35)49-47(40)48(41)50-44/h1-28,40,47H. The van der Waals surface area contributed by atoms with E-state index in [0.717, 1.165) is 28.0 Å². The van der Waals surface area contributed by atoms with Crippen molar-refractivity contribution in [2.24, 2.45) is 0 Å². The number of fused-ring (bicyclic) bond motifs is 10. The van der Waals surface area contributed by atoms with Crippen molar-refractivity contribution in [3.8, 4) is 39.1 Å². The lowest BCUT2D eigenvalue weighted by molar-refractivity contribution is 0.193. The van der Waals surface area contributed by atoms with E-state index in [9.17, 15) is 0 Å². The van der Waals surface area contributed by atoms with Crippen LogP contribution in [0.25, 0.3) is 82.7 Å². The SMILES string of the molecule is C1=CC2c3ccccc3OC2c2oc3ccc(-c4c5ccccc5c(-c5cccc(-c6cccc7ccccc67)c5)c5ccccc45)cc3c21. The molecule has 50 heavy (non-hydrogen) atoms. The highest BCUT2D eigenvalue weighted by atomic mass is 16.5. The monoisotopic (exact) mass is 638 g/mol. The maximum absolute atomic E-state index is 6.58. The quantitative estimate of drug-likeness (QED) is 0.180. The molecule has 0 bridgehead atoms. The van der Waals surface area contributed by atoms with Gasteiger partial charge in [0.15, 0.2) is 11.9 Å². The van der Waals surface area contributed by atoms with Crippen LogP contribution in [0.1, 0.15) is 28.9 Å². The fourth-order valence-electron chi connectivity index (χ4n) is 8.60. The molecule has 11 rings (SSSR count). The Balaban J connectivity index is 1.10. The molecule has 1 aromatic heterocycles. The molecule has 0 radical (unpaired) electrons. The van der Waals surface area contributed by atoms with E-state index in [4.69, 9.17) is 9.15 Å². The Morgan fingerprint density at radius 2 is 1.08 bits per heavy atom. The van der Waals surface area contributed by atoms with Gasteiger partial charge in [-0.1, -0.05) is 146 Å². The van der Waals surface area contributed by atoms with E-state index in [-0.39, 0.29) is 12.0 Å². The summed E-state index contributed by atoms with van der Waals surface area (Å²) in [5, 5.41) is 8.59. The van der Waals surface area contributed by atoms with E-state index in [1.807, 2.05) is 6.07 Å². The highest BCUT2D eigenvalue weighted by molar-refractivity contribution is 6.22. The van der Waals surface area contributed by atoms with E-state index < -0.39 is 0 Å². The Morgan fingerprint density at radius 3 is 1.86 bits per heavy atom. The summed E-state index contributed by atoms with van der Waals surface area (Å²) in [4.78, 5) is 0.